The third-order valence-corrected chi connectivity index (χ3v) is 4.83. The molecule has 1 saturated carbocycles. The lowest BCUT2D eigenvalue weighted by atomic mass is 9.98. The zero-order valence-corrected chi connectivity index (χ0v) is 11.5. The Kier molecular flexibility index (Phi) is 3.25. The van der Waals surface area contributed by atoms with E-state index < -0.39 is 0 Å². The van der Waals surface area contributed by atoms with Crippen LogP contribution in [0.3, 0.4) is 0 Å². The Bertz CT molecular complexity index is 390. The lowest BCUT2D eigenvalue weighted by Gasteiger charge is -2.35. The standard InChI is InChI=1S/C14H22N2O3/c1-10-13(18)15-8-12(17)16(10)9-11-4-7-14(19-11)5-2-3-6-14/h10-11H,2-9H2,1H3,(H,15,18). The first-order chi connectivity index (χ1) is 9.10. The summed E-state index contributed by atoms with van der Waals surface area (Å²) < 4.78 is 6.22. The summed E-state index contributed by atoms with van der Waals surface area (Å²) in [6.45, 7) is 2.48. The van der Waals surface area contributed by atoms with E-state index in [1.54, 1.807) is 11.8 Å². The van der Waals surface area contributed by atoms with Crippen LogP contribution in [0.25, 0.3) is 0 Å². The van der Waals surface area contributed by atoms with Crippen molar-refractivity contribution in [2.45, 2.75) is 63.2 Å². The molecule has 5 heteroatoms. The topological polar surface area (TPSA) is 58.6 Å². The van der Waals surface area contributed by atoms with Crippen LogP contribution in [0.4, 0.5) is 0 Å². The molecule has 3 aliphatic rings. The average Bonchev–Trinajstić information content (AvgIpc) is 3.01. The largest absolute Gasteiger partial charge is 0.370 e. The first kappa shape index (κ1) is 12.9. The summed E-state index contributed by atoms with van der Waals surface area (Å²) in [5.74, 6) is -0.0590. The van der Waals surface area contributed by atoms with E-state index in [0.717, 1.165) is 25.7 Å². The van der Waals surface area contributed by atoms with E-state index in [0.29, 0.717) is 6.54 Å². The maximum atomic E-state index is 11.9. The second-order valence-electron chi connectivity index (χ2n) is 6.11. The summed E-state index contributed by atoms with van der Waals surface area (Å²) in [5, 5.41) is 2.61. The quantitative estimate of drug-likeness (QED) is 0.805. The molecule has 1 N–H and O–H groups in total. The first-order valence-corrected chi connectivity index (χ1v) is 7.35. The fourth-order valence-electron chi connectivity index (χ4n) is 3.66. The van der Waals surface area contributed by atoms with Gasteiger partial charge in [0.25, 0.3) is 0 Å². The van der Waals surface area contributed by atoms with Gasteiger partial charge < -0.3 is 15.0 Å². The molecule has 2 unspecified atom stereocenters. The lowest BCUT2D eigenvalue weighted by molar-refractivity contribution is -0.147. The first-order valence-electron chi connectivity index (χ1n) is 7.35. The number of nitrogens with zero attached hydrogens (tertiary/aromatic N) is 1. The maximum absolute atomic E-state index is 11.9. The van der Waals surface area contributed by atoms with Gasteiger partial charge in [-0.05, 0) is 32.6 Å². The third-order valence-electron chi connectivity index (χ3n) is 4.83. The fraction of sp³-hybridized carbons (Fsp3) is 0.857. The van der Waals surface area contributed by atoms with Gasteiger partial charge in [-0.3, -0.25) is 9.59 Å². The number of amides is 2. The van der Waals surface area contributed by atoms with Crippen LogP contribution in [0.15, 0.2) is 0 Å². The Hall–Kier alpha value is -1.10. The maximum Gasteiger partial charge on any atom is 0.242 e. The van der Waals surface area contributed by atoms with Crippen molar-refractivity contribution in [3.8, 4) is 0 Å². The highest BCUT2D eigenvalue weighted by molar-refractivity contribution is 5.94. The molecule has 0 aromatic heterocycles. The predicted octanol–water partition coefficient (Wildman–Crippen LogP) is 0.825. The van der Waals surface area contributed by atoms with Crippen molar-refractivity contribution in [1.29, 1.82) is 0 Å². The van der Waals surface area contributed by atoms with Crippen molar-refractivity contribution in [3.63, 3.8) is 0 Å². The minimum Gasteiger partial charge on any atom is -0.370 e. The zero-order valence-electron chi connectivity index (χ0n) is 11.5. The van der Waals surface area contributed by atoms with Crippen molar-refractivity contribution in [2.75, 3.05) is 13.1 Å². The molecule has 106 valence electrons. The van der Waals surface area contributed by atoms with Gasteiger partial charge in [0, 0.05) is 6.54 Å². The van der Waals surface area contributed by atoms with Gasteiger partial charge in [0.05, 0.1) is 18.2 Å². The van der Waals surface area contributed by atoms with E-state index in [-0.39, 0.29) is 36.1 Å². The van der Waals surface area contributed by atoms with Gasteiger partial charge in [-0.2, -0.15) is 0 Å². The summed E-state index contributed by atoms with van der Waals surface area (Å²) >= 11 is 0. The second kappa shape index (κ2) is 4.78. The molecule has 0 bridgehead atoms. The summed E-state index contributed by atoms with van der Waals surface area (Å²) in [6.07, 6.45) is 7.07. The lowest BCUT2D eigenvalue weighted by Crippen LogP contribution is -2.58. The van der Waals surface area contributed by atoms with E-state index in [4.69, 9.17) is 4.74 Å². The zero-order chi connectivity index (χ0) is 13.5. The number of ether oxygens (including phenoxy) is 1. The summed E-state index contributed by atoms with van der Waals surface area (Å²) in [6, 6.07) is -0.370. The molecule has 2 amide bonds. The Labute approximate surface area is 113 Å². The normalized spacial score (nSPS) is 34.1. The number of hydrogen-bond acceptors (Lipinski definition) is 3. The minimum atomic E-state index is -0.370. The molecule has 2 saturated heterocycles. The molecule has 3 fully saturated rings. The molecule has 5 nitrogen and oxygen atoms in total. The second-order valence-corrected chi connectivity index (χ2v) is 6.11. The van der Waals surface area contributed by atoms with Crippen LogP contribution in [0.2, 0.25) is 0 Å². The number of hydrogen-bond donors (Lipinski definition) is 1. The van der Waals surface area contributed by atoms with Crippen molar-refractivity contribution >= 4 is 11.8 Å². The number of carbonyl (C=O) groups is 2. The molecule has 3 rings (SSSR count). The van der Waals surface area contributed by atoms with Crippen molar-refractivity contribution < 1.29 is 14.3 Å². The van der Waals surface area contributed by atoms with Gasteiger partial charge in [-0.1, -0.05) is 12.8 Å². The van der Waals surface area contributed by atoms with Crippen LogP contribution in [0.5, 0.6) is 0 Å². The highest BCUT2D eigenvalue weighted by atomic mass is 16.5. The predicted molar refractivity (Wildman–Crippen MR) is 69.5 cm³/mol. The van der Waals surface area contributed by atoms with Crippen LogP contribution in [0, 0.1) is 0 Å². The smallest absolute Gasteiger partial charge is 0.242 e. The van der Waals surface area contributed by atoms with Gasteiger partial charge in [-0.25, -0.2) is 0 Å². The molecule has 0 radical (unpaired) electrons. The van der Waals surface area contributed by atoms with E-state index in [9.17, 15) is 9.59 Å². The highest BCUT2D eigenvalue weighted by Gasteiger charge is 2.43. The number of carbonyl (C=O) groups excluding carboxylic acids is 2. The van der Waals surface area contributed by atoms with E-state index >= 15 is 0 Å². The van der Waals surface area contributed by atoms with Gasteiger partial charge in [0.15, 0.2) is 0 Å². The van der Waals surface area contributed by atoms with Crippen LogP contribution in [-0.2, 0) is 14.3 Å². The summed E-state index contributed by atoms with van der Waals surface area (Å²) in [4.78, 5) is 25.2. The Morgan fingerprint density at radius 2 is 2.05 bits per heavy atom. The highest BCUT2D eigenvalue weighted by Crippen LogP contribution is 2.43. The van der Waals surface area contributed by atoms with Gasteiger partial charge in [0.2, 0.25) is 11.8 Å². The summed E-state index contributed by atoms with van der Waals surface area (Å²) in [7, 11) is 0. The molecule has 19 heavy (non-hydrogen) atoms. The van der Waals surface area contributed by atoms with Gasteiger partial charge in [-0.15, -0.1) is 0 Å². The number of rotatable bonds is 2. The number of nitrogens with one attached hydrogen (secondary N) is 1. The van der Waals surface area contributed by atoms with Crippen molar-refractivity contribution in [1.82, 2.24) is 10.2 Å². The molecule has 1 aliphatic carbocycles. The molecule has 0 aromatic rings. The molecule has 0 aromatic carbocycles. The molecular weight excluding hydrogens is 244 g/mol. The molecule has 2 atom stereocenters. The van der Waals surface area contributed by atoms with E-state index in [2.05, 4.69) is 5.32 Å². The molecule has 2 heterocycles. The Morgan fingerprint density at radius 3 is 2.79 bits per heavy atom. The van der Waals surface area contributed by atoms with Crippen molar-refractivity contribution in [2.24, 2.45) is 0 Å². The van der Waals surface area contributed by atoms with E-state index in [1.807, 2.05) is 0 Å². The van der Waals surface area contributed by atoms with E-state index in [1.165, 1.54) is 12.8 Å². The van der Waals surface area contributed by atoms with Crippen LogP contribution < -0.4 is 5.32 Å². The fourth-order valence-corrected chi connectivity index (χ4v) is 3.66. The van der Waals surface area contributed by atoms with Crippen LogP contribution in [0.1, 0.15) is 45.4 Å². The SMILES string of the molecule is CC1C(=O)NCC(=O)N1CC1CCC2(CCCC2)O1. The minimum absolute atomic E-state index is 0.00284. The summed E-state index contributed by atoms with van der Waals surface area (Å²) in [5.41, 5.74) is 0.0923. The van der Waals surface area contributed by atoms with Crippen LogP contribution in [-0.4, -0.2) is 47.6 Å². The third kappa shape index (κ3) is 2.36. The molecule has 1 spiro atoms. The molecular formula is C14H22N2O3. The van der Waals surface area contributed by atoms with Crippen LogP contribution >= 0.6 is 0 Å². The Morgan fingerprint density at radius 1 is 1.32 bits per heavy atom. The number of piperazine rings is 1. The monoisotopic (exact) mass is 266 g/mol. The van der Waals surface area contributed by atoms with Gasteiger partial charge in [0.1, 0.15) is 6.04 Å². The average molecular weight is 266 g/mol. The van der Waals surface area contributed by atoms with Crippen molar-refractivity contribution in [3.05, 3.63) is 0 Å². The van der Waals surface area contributed by atoms with Gasteiger partial charge >= 0.3 is 0 Å². The Balaban J connectivity index is 1.62. The molecule has 2 aliphatic heterocycles.